The summed E-state index contributed by atoms with van der Waals surface area (Å²) in [6.07, 6.45) is 2.81. The first-order valence-electron chi connectivity index (χ1n) is 9.93. The molecule has 1 fully saturated rings. The molecule has 2 aromatic carbocycles. The van der Waals surface area contributed by atoms with Gasteiger partial charge in [-0.1, -0.05) is 42.5 Å². The van der Waals surface area contributed by atoms with E-state index in [-0.39, 0.29) is 5.91 Å². The molecule has 1 aliphatic rings. The number of methoxy groups -OCH3 is 1. The summed E-state index contributed by atoms with van der Waals surface area (Å²) in [6.45, 7) is 2.66. The molecule has 6 nitrogen and oxygen atoms in total. The molecule has 6 heteroatoms. The zero-order valence-electron chi connectivity index (χ0n) is 16.6. The summed E-state index contributed by atoms with van der Waals surface area (Å²) in [5.41, 5.74) is 9.11. The van der Waals surface area contributed by atoms with Crippen LogP contribution in [0.25, 0.3) is 11.3 Å². The number of rotatable bonds is 6. The van der Waals surface area contributed by atoms with Gasteiger partial charge in [0.05, 0.1) is 19.2 Å². The number of amides is 1. The van der Waals surface area contributed by atoms with Gasteiger partial charge >= 0.3 is 0 Å². The molecule has 0 saturated carbocycles. The maximum atomic E-state index is 13.3. The van der Waals surface area contributed by atoms with Crippen LogP contribution < -0.4 is 10.5 Å². The second-order valence-corrected chi connectivity index (χ2v) is 7.45. The highest BCUT2D eigenvalue weighted by Gasteiger charge is 2.29. The summed E-state index contributed by atoms with van der Waals surface area (Å²) < 4.78 is 7.20. The van der Waals surface area contributed by atoms with Gasteiger partial charge in [0.25, 0.3) is 5.91 Å². The Kier molecular flexibility index (Phi) is 5.62. The number of carbonyl (C=O) groups is 1. The predicted octanol–water partition coefficient (Wildman–Crippen LogP) is 3.03. The minimum atomic E-state index is 0.0121. The standard InChI is InChI=1S/C23H26N4O2/c1-29-20-9-5-8-19(12-20)22-21(23(28)26-11-10-18(13-24)14-26)16-27(25-22)15-17-6-3-2-4-7-17/h2-9,12,16,18H,10-11,13-15,24H2,1H3. The van der Waals surface area contributed by atoms with Crippen LogP contribution in [0, 0.1) is 5.92 Å². The average molecular weight is 390 g/mol. The molecule has 1 amide bonds. The van der Waals surface area contributed by atoms with Crippen LogP contribution in [-0.2, 0) is 6.54 Å². The largest absolute Gasteiger partial charge is 0.497 e. The third-order valence-corrected chi connectivity index (χ3v) is 5.43. The Bertz CT molecular complexity index is 984. The fourth-order valence-corrected chi connectivity index (χ4v) is 3.79. The van der Waals surface area contributed by atoms with Crippen LogP contribution in [0.1, 0.15) is 22.3 Å². The molecule has 150 valence electrons. The van der Waals surface area contributed by atoms with Crippen molar-refractivity contribution in [2.75, 3.05) is 26.7 Å². The van der Waals surface area contributed by atoms with Crippen LogP contribution in [0.15, 0.2) is 60.8 Å². The molecule has 0 spiro atoms. The summed E-state index contributed by atoms with van der Waals surface area (Å²) in [4.78, 5) is 15.2. The van der Waals surface area contributed by atoms with Gasteiger partial charge in [0.1, 0.15) is 11.4 Å². The van der Waals surface area contributed by atoms with Crippen LogP contribution in [-0.4, -0.2) is 47.3 Å². The van der Waals surface area contributed by atoms with Crippen molar-refractivity contribution in [1.82, 2.24) is 14.7 Å². The molecular formula is C23H26N4O2. The van der Waals surface area contributed by atoms with E-state index in [1.54, 1.807) is 7.11 Å². The fourth-order valence-electron chi connectivity index (χ4n) is 3.79. The van der Waals surface area contributed by atoms with Crippen molar-refractivity contribution < 1.29 is 9.53 Å². The molecule has 0 bridgehead atoms. The highest BCUT2D eigenvalue weighted by atomic mass is 16.5. The van der Waals surface area contributed by atoms with Crippen molar-refractivity contribution in [2.45, 2.75) is 13.0 Å². The molecule has 1 atom stereocenters. The maximum Gasteiger partial charge on any atom is 0.257 e. The molecule has 0 radical (unpaired) electrons. The lowest BCUT2D eigenvalue weighted by Crippen LogP contribution is -2.30. The minimum Gasteiger partial charge on any atom is -0.497 e. The Balaban J connectivity index is 1.70. The van der Waals surface area contributed by atoms with E-state index < -0.39 is 0 Å². The van der Waals surface area contributed by atoms with E-state index in [2.05, 4.69) is 12.1 Å². The van der Waals surface area contributed by atoms with Crippen LogP contribution in [0.5, 0.6) is 5.75 Å². The van der Waals surface area contributed by atoms with Crippen molar-refractivity contribution in [1.29, 1.82) is 0 Å². The molecule has 4 rings (SSSR count). The lowest BCUT2D eigenvalue weighted by atomic mass is 10.1. The molecule has 2 heterocycles. The summed E-state index contributed by atoms with van der Waals surface area (Å²) in [5, 5.41) is 4.77. The zero-order chi connectivity index (χ0) is 20.2. The van der Waals surface area contributed by atoms with E-state index in [9.17, 15) is 4.79 Å². The van der Waals surface area contributed by atoms with Crippen molar-refractivity contribution in [3.8, 4) is 17.0 Å². The molecule has 0 aliphatic carbocycles. The Labute approximate surface area is 170 Å². The van der Waals surface area contributed by atoms with Crippen LogP contribution >= 0.6 is 0 Å². The smallest absolute Gasteiger partial charge is 0.257 e. The highest BCUT2D eigenvalue weighted by molar-refractivity contribution is 6.00. The number of carbonyl (C=O) groups excluding carboxylic acids is 1. The van der Waals surface area contributed by atoms with E-state index in [0.717, 1.165) is 29.8 Å². The number of benzene rings is 2. The van der Waals surface area contributed by atoms with Gasteiger partial charge in [-0.25, -0.2) is 0 Å². The van der Waals surface area contributed by atoms with Gasteiger partial charge in [0.15, 0.2) is 0 Å². The summed E-state index contributed by atoms with van der Waals surface area (Å²) >= 11 is 0. The number of likely N-dealkylation sites (tertiary alicyclic amines) is 1. The highest BCUT2D eigenvalue weighted by Crippen LogP contribution is 2.28. The van der Waals surface area contributed by atoms with Gasteiger partial charge in [-0.3, -0.25) is 9.48 Å². The van der Waals surface area contributed by atoms with E-state index in [4.69, 9.17) is 15.6 Å². The lowest BCUT2D eigenvalue weighted by molar-refractivity contribution is 0.0788. The first-order chi connectivity index (χ1) is 14.2. The number of hydrogen-bond acceptors (Lipinski definition) is 4. The van der Waals surface area contributed by atoms with E-state index in [0.29, 0.717) is 36.8 Å². The predicted molar refractivity (Wildman–Crippen MR) is 113 cm³/mol. The van der Waals surface area contributed by atoms with Crippen LogP contribution in [0.3, 0.4) is 0 Å². The number of hydrogen-bond donors (Lipinski definition) is 1. The molecule has 1 aliphatic heterocycles. The third kappa shape index (κ3) is 4.17. The SMILES string of the molecule is COc1cccc(-c2nn(Cc3ccccc3)cc2C(=O)N2CCC(CN)C2)c1. The first-order valence-corrected chi connectivity index (χ1v) is 9.93. The number of ether oxygens (including phenoxy) is 1. The second-order valence-electron chi connectivity index (χ2n) is 7.45. The summed E-state index contributed by atoms with van der Waals surface area (Å²) in [7, 11) is 1.64. The Morgan fingerprint density at radius 1 is 1.21 bits per heavy atom. The topological polar surface area (TPSA) is 73.4 Å². The molecule has 2 N–H and O–H groups in total. The van der Waals surface area contributed by atoms with Gasteiger partial charge in [0.2, 0.25) is 0 Å². The molecule has 29 heavy (non-hydrogen) atoms. The van der Waals surface area contributed by atoms with Gasteiger partial charge in [-0.05, 0) is 36.6 Å². The normalized spacial score (nSPS) is 16.2. The lowest BCUT2D eigenvalue weighted by Gasteiger charge is -2.16. The summed E-state index contributed by atoms with van der Waals surface area (Å²) in [5.74, 6) is 1.12. The molecule has 1 saturated heterocycles. The molecular weight excluding hydrogens is 364 g/mol. The van der Waals surface area contributed by atoms with Gasteiger partial charge in [0, 0.05) is 24.8 Å². The molecule has 1 aromatic heterocycles. The zero-order valence-corrected chi connectivity index (χ0v) is 16.6. The van der Waals surface area contributed by atoms with Crippen LogP contribution in [0.2, 0.25) is 0 Å². The second kappa shape index (κ2) is 8.49. The van der Waals surface area contributed by atoms with Gasteiger partial charge < -0.3 is 15.4 Å². The van der Waals surface area contributed by atoms with Gasteiger partial charge in [-0.15, -0.1) is 0 Å². The quantitative estimate of drug-likeness (QED) is 0.702. The maximum absolute atomic E-state index is 13.3. The van der Waals surface area contributed by atoms with Gasteiger partial charge in [-0.2, -0.15) is 5.10 Å². The monoisotopic (exact) mass is 390 g/mol. The van der Waals surface area contributed by atoms with E-state index in [1.807, 2.05) is 58.2 Å². The number of nitrogens with zero attached hydrogens (tertiary/aromatic N) is 3. The molecule has 3 aromatic rings. The number of nitrogens with two attached hydrogens (primary N) is 1. The Hall–Kier alpha value is -3.12. The average Bonchev–Trinajstić information content (AvgIpc) is 3.41. The fraction of sp³-hybridized carbons (Fsp3) is 0.304. The van der Waals surface area contributed by atoms with Crippen molar-refractivity contribution in [3.05, 3.63) is 71.9 Å². The Morgan fingerprint density at radius 3 is 2.76 bits per heavy atom. The van der Waals surface area contributed by atoms with Crippen molar-refractivity contribution in [2.24, 2.45) is 11.7 Å². The minimum absolute atomic E-state index is 0.0121. The third-order valence-electron chi connectivity index (χ3n) is 5.43. The molecule has 1 unspecified atom stereocenters. The number of aromatic nitrogens is 2. The van der Waals surface area contributed by atoms with Crippen molar-refractivity contribution >= 4 is 5.91 Å². The Morgan fingerprint density at radius 2 is 2.03 bits per heavy atom. The first kappa shape index (κ1) is 19.2. The van der Waals surface area contributed by atoms with Crippen LogP contribution in [0.4, 0.5) is 0 Å². The van der Waals surface area contributed by atoms with E-state index >= 15 is 0 Å². The van der Waals surface area contributed by atoms with E-state index in [1.165, 1.54) is 0 Å². The summed E-state index contributed by atoms with van der Waals surface area (Å²) in [6, 6.07) is 17.8. The van der Waals surface area contributed by atoms with Crippen molar-refractivity contribution in [3.63, 3.8) is 0 Å².